The van der Waals surface area contributed by atoms with Crippen LogP contribution in [0.1, 0.15) is 67.8 Å². The van der Waals surface area contributed by atoms with Gasteiger partial charge in [-0.1, -0.05) is 113 Å². The number of benzene rings is 5. The molecule has 0 bridgehead atoms. The molecule has 8 rings (SSSR count). The molecule has 8 aromatic rings. The van der Waals surface area contributed by atoms with Crippen LogP contribution in [-0.2, 0) is 32.9 Å². The predicted molar refractivity (Wildman–Crippen MR) is 210 cm³/mol. The molecule has 259 valence electrons. The Morgan fingerprint density at radius 3 is 2.16 bits per heavy atom. The molecule has 0 amide bonds. The minimum atomic E-state index is -2.50. The summed E-state index contributed by atoms with van der Waals surface area (Å²) in [6, 6.07) is 39.6. The molecule has 0 aliphatic carbocycles. The fourth-order valence-corrected chi connectivity index (χ4v) is 6.14. The molecule has 1 radical (unpaired) electrons. The Kier molecular flexibility index (Phi) is 7.99. The zero-order valence-corrected chi connectivity index (χ0v) is 32.0. The second-order valence-corrected chi connectivity index (χ2v) is 14.6. The molecule has 0 aliphatic heterocycles. The summed E-state index contributed by atoms with van der Waals surface area (Å²) in [7, 11) is 0. The van der Waals surface area contributed by atoms with E-state index in [-0.39, 0.29) is 31.2 Å². The fourth-order valence-electron chi connectivity index (χ4n) is 6.14. The van der Waals surface area contributed by atoms with Gasteiger partial charge in [0.2, 0.25) is 0 Å². The van der Waals surface area contributed by atoms with Gasteiger partial charge in [0.15, 0.2) is 0 Å². The van der Waals surface area contributed by atoms with Crippen LogP contribution in [-0.4, -0.2) is 9.97 Å². The normalized spacial score (nSPS) is 14.7. The smallest absolute Gasteiger partial charge is 0.121 e. The number of furan rings is 1. The zero-order chi connectivity index (χ0) is 41.1. The molecule has 3 aromatic heterocycles. The van der Waals surface area contributed by atoms with Gasteiger partial charge in [-0.05, 0) is 86.6 Å². The molecular formula is C47H44IrN2O-2. The van der Waals surface area contributed by atoms with Gasteiger partial charge in [-0.2, -0.15) is 0 Å². The Balaban J connectivity index is 0.000000240. The van der Waals surface area contributed by atoms with E-state index in [0.29, 0.717) is 22.4 Å². The van der Waals surface area contributed by atoms with Crippen molar-refractivity contribution in [3.63, 3.8) is 0 Å². The van der Waals surface area contributed by atoms with Crippen molar-refractivity contribution >= 4 is 43.5 Å². The first-order valence-corrected chi connectivity index (χ1v) is 16.8. The Labute approximate surface area is 325 Å². The second kappa shape index (κ2) is 14.5. The summed E-state index contributed by atoms with van der Waals surface area (Å²) in [4.78, 5) is 8.83. The first kappa shape index (κ1) is 28.0. The number of hydrogen-bond donors (Lipinski definition) is 0. The molecule has 0 saturated carbocycles. The SMILES string of the molecule is [2H]C([2H])([2H])c1cnc(-c2[c-]ccc3c2oc2cc4ccc5ccccc5c4cc23)cc1C([2H])([2H])C(C)(C)C.[2H]C([2H])(c1ccc(-c2[c-]cccc2)nc1)C(C)(C)C.[Ir]. The van der Waals surface area contributed by atoms with E-state index in [1.807, 2.05) is 81.4 Å². The van der Waals surface area contributed by atoms with Crippen LogP contribution in [0.2, 0.25) is 0 Å². The number of rotatable bonds is 4. The van der Waals surface area contributed by atoms with Crippen molar-refractivity contribution in [2.24, 2.45) is 10.8 Å². The van der Waals surface area contributed by atoms with Gasteiger partial charge >= 0.3 is 0 Å². The maximum atomic E-state index is 8.85. The minimum absolute atomic E-state index is 0. The average Bonchev–Trinajstić information content (AvgIpc) is 3.54. The van der Waals surface area contributed by atoms with E-state index >= 15 is 0 Å². The quantitative estimate of drug-likeness (QED) is 0.131. The summed E-state index contributed by atoms with van der Waals surface area (Å²) in [6.07, 6.45) is -0.424. The van der Waals surface area contributed by atoms with E-state index in [1.54, 1.807) is 39.1 Å². The Hall–Kier alpha value is -4.63. The molecule has 0 atom stereocenters. The summed E-state index contributed by atoms with van der Waals surface area (Å²) >= 11 is 0. The molecule has 0 aliphatic rings. The van der Waals surface area contributed by atoms with Crippen molar-refractivity contribution < 1.29 is 34.1 Å². The summed E-state index contributed by atoms with van der Waals surface area (Å²) in [5, 5.41) is 6.39. The first-order chi connectivity index (χ1) is 26.7. The van der Waals surface area contributed by atoms with Gasteiger partial charge in [0.05, 0.1) is 5.58 Å². The maximum absolute atomic E-state index is 8.85. The molecule has 0 fully saturated rings. The van der Waals surface area contributed by atoms with Gasteiger partial charge in [-0.15, -0.1) is 54.1 Å². The molecule has 3 heterocycles. The van der Waals surface area contributed by atoms with Crippen molar-refractivity contribution in [1.29, 1.82) is 0 Å². The summed E-state index contributed by atoms with van der Waals surface area (Å²) in [6.45, 7) is 8.46. The van der Waals surface area contributed by atoms with Crippen LogP contribution < -0.4 is 0 Å². The van der Waals surface area contributed by atoms with E-state index in [9.17, 15) is 0 Å². The zero-order valence-electron chi connectivity index (χ0n) is 36.6. The molecule has 0 spiro atoms. The van der Waals surface area contributed by atoms with Crippen LogP contribution in [0.4, 0.5) is 0 Å². The number of aromatic nitrogens is 2. The Morgan fingerprint density at radius 1 is 0.667 bits per heavy atom. The summed E-state index contributed by atoms with van der Waals surface area (Å²) < 4.78 is 64.5. The van der Waals surface area contributed by atoms with E-state index in [2.05, 4.69) is 52.4 Å². The standard InChI is InChI=1S/C31H26NO.C16H18N.Ir/c1-19-18-32-28(14-22(19)17-31(2,3)4)25-11-7-10-24-27-16-26-21(15-29(27)33-30(24)25)13-12-20-8-5-6-9-23(20)26;1-16(2,3)11-13-9-10-15(17-12-13)14-7-5-4-6-8-14;/h5-10,12-16,18H,17H2,1-4H3;4-7,9-10,12H,11H2,1-3H3;/q2*-1;/i1D3,17D2;11D2;. The molecule has 51 heavy (non-hydrogen) atoms. The Morgan fingerprint density at radius 2 is 1.43 bits per heavy atom. The van der Waals surface area contributed by atoms with Crippen molar-refractivity contribution in [3.05, 3.63) is 144 Å². The van der Waals surface area contributed by atoms with Crippen LogP contribution in [0.15, 0.2) is 120 Å². The predicted octanol–water partition coefficient (Wildman–Crippen LogP) is 12.8. The molecule has 5 aromatic carbocycles. The average molecular weight is 852 g/mol. The van der Waals surface area contributed by atoms with E-state index < -0.39 is 30.4 Å². The van der Waals surface area contributed by atoms with E-state index in [0.717, 1.165) is 38.4 Å². The van der Waals surface area contributed by atoms with E-state index in [4.69, 9.17) is 14.0 Å². The topological polar surface area (TPSA) is 38.9 Å². The van der Waals surface area contributed by atoms with Gasteiger partial charge in [0.25, 0.3) is 0 Å². The number of aryl methyl sites for hydroxylation is 1. The van der Waals surface area contributed by atoms with Crippen LogP contribution in [0.5, 0.6) is 0 Å². The van der Waals surface area contributed by atoms with Crippen molar-refractivity contribution in [3.8, 4) is 22.5 Å². The monoisotopic (exact) mass is 852 g/mol. The Bertz CT molecular complexity index is 2750. The van der Waals surface area contributed by atoms with Crippen LogP contribution in [0, 0.1) is 29.8 Å². The molecule has 0 unspecified atom stereocenters. The molecule has 3 nitrogen and oxygen atoms in total. The molecule has 0 saturated heterocycles. The van der Waals surface area contributed by atoms with Gasteiger partial charge < -0.3 is 14.4 Å². The maximum Gasteiger partial charge on any atom is 0.121 e. The van der Waals surface area contributed by atoms with Gasteiger partial charge in [0, 0.05) is 47.5 Å². The third-order valence-corrected chi connectivity index (χ3v) is 8.23. The van der Waals surface area contributed by atoms with Crippen LogP contribution in [0.3, 0.4) is 0 Å². The second-order valence-electron chi connectivity index (χ2n) is 14.6. The first-order valence-electron chi connectivity index (χ1n) is 20.3. The van der Waals surface area contributed by atoms with Crippen LogP contribution >= 0.6 is 0 Å². The summed E-state index contributed by atoms with van der Waals surface area (Å²) in [5.74, 6) is 0. The third-order valence-electron chi connectivity index (χ3n) is 8.23. The van der Waals surface area contributed by atoms with Crippen molar-refractivity contribution in [2.75, 3.05) is 0 Å². The van der Waals surface area contributed by atoms with E-state index in [1.165, 1.54) is 17.0 Å². The minimum Gasteiger partial charge on any atom is -0.501 e. The van der Waals surface area contributed by atoms with Gasteiger partial charge in [-0.25, -0.2) is 0 Å². The van der Waals surface area contributed by atoms with Crippen molar-refractivity contribution in [2.45, 2.75) is 61.1 Å². The largest absolute Gasteiger partial charge is 0.501 e. The van der Waals surface area contributed by atoms with Gasteiger partial charge in [-0.3, -0.25) is 0 Å². The van der Waals surface area contributed by atoms with Crippen LogP contribution in [0.25, 0.3) is 66.0 Å². The third kappa shape index (κ3) is 8.14. The van der Waals surface area contributed by atoms with Crippen molar-refractivity contribution in [1.82, 2.24) is 9.97 Å². The summed E-state index contributed by atoms with van der Waals surface area (Å²) in [5.41, 5.74) is 3.35. The fraction of sp³-hybridized carbons (Fsp3) is 0.234. The number of fused-ring (bicyclic) bond motifs is 6. The number of hydrogen-bond acceptors (Lipinski definition) is 3. The molecular weight excluding hydrogens is 801 g/mol. The molecule has 0 N–H and O–H groups in total. The number of pyridine rings is 2. The molecule has 4 heteroatoms. The number of nitrogens with zero attached hydrogens (tertiary/aromatic N) is 2. The van der Waals surface area contributed by atoms with Gasteiger partial charge in [0.1, 0.15) is 5.58 Å².